The predicted molar refractivity (Wildman–Crippen MR) is 131 cm³/mol. The maximum Gasteiger partial charge on any atom is 0.417 e. The SMILES string of the molecule is CC1CN(c2ccc(C(=O)Nc3cc(C(F)(F)F)c(Br)cc3Cl)cn2)CCN1C(=O)OC(C)(C)C. The molecule has 0 bridgehead atoms. The lowest BCUT2D eigenvalue weighted by atomic mass is 10.1. The lowest BCUT2D eigenvalue weighted by Gasteiger charge is -2.40. The number of piperazine rings is 1. The van der Waals surface area contributed by atoms with Gasteiger partial charge in [0.1, 0.15) is 11.4 Å². The van der Waals surface area contributed by atoms with Crippen LogP contribution in [-0.4, -0.2) is 53.2 Å². The van der Waals surface area contributed by atoms with Crippen molar-refractivity contribution in [2.24, 2.45) is 0 Å². The summed E-state index contributed by atoms with van der Waals surface area (Å²) in [6.45, 7) is 8.84. The van der Waals surface area contributed by atoms with Crippen molar-refractivity contribution >= 4 is 51.0 Å². The third-order valence-corrected chi connectivity index (χ3v) is 6.17. The van der Waals surface area contributed by atoms with Crippen LogP contribution < -0.4 is 10.2 Å². The summed E-state index contributed by atoms with van der Waals surface area (Å²) in [7, 11) is 0. The van der Waals surface area contributed by atoms with Gasteiger partial charge in [-0.25, -0.2) is 9.78 Å². The zero-order valence-corrected chi connectivity index (χ0v) is 21.9. The van der Waals surface area contributed by atoms with Crippen LogP contribution in [0.2, 0.25) is 5.02 Å². The van der Waals surface area contributed by atoms with Gasteiger partial charge < -0.3 is 19.9 Å². The van der Waals surface area contributed by atoms with Crippen LogP contribution in [0.4, 0.5) is 29.5 Å². The van der Waals surface area contributed by atoms with Crippen LogP contribution in [0.3, 0.4) is 0 Å². The largest absolute Gasteiger partial charge is 0.444 e. The monoisotopic (exact) mass is 576 g/mol. The molecule has 2 aromatic rings. The zero-order valence-electron chi connectivity index (χ0n) is 19.5. The number of anilines is 2. The first kappa shape index (κ1) is 27.1. The molecule has 2 amide bonds. The van der Waals surface area contributed by atoms with Crippen LogP contribution in [-0.2, 0) is 10.9 Å². The number of nitrogens with zero attached hydrogens (tertiary/aromatic N) is 3. The maximum absolute atomic E-state index is 13.2. The standard InChI is InChI=1S/C23H25BrClF3N4O3/c1-13-12-31(7-8-32(13)21(34)35-22(2,3)4)19-6-5-14(11-29-19)20(33)30-18-9-15(23(26,27)28)16(24)10-17(18)25/h5-6,9-11,13H,7-8,12H2,1-4H3,(H,30,33). The van der Waals surface area contributed by atoms with Crippen molar-refractivity contribution in [2.75, 3.05) is 29.9 Å². The smallest absolute Gasteiger partial charge is 0.417 e. The van der Waals surface area contributed by atoms with Crippen molar-refractivity contribution < 1.29 is 27.5 Å². The molecule has 12 heteroatoms. The van der Waals surface area contributed by atoms with E-state index in [1.165, 1.54) is 12.3 Å². The van der Waals surface area contributed by atoms with E-state index in [2.05, 4.69) is 26.2 Å². The van der Waals surface area contributed by atoms with Crippen LogP contribution >= 0.6 is 27.5 Å². The van der Waals surface area contributed by atoms with E-state index < -0.39 is 23.2 Å². The van der Waals surface area contributed by atoms with Gasteiger partial charge in [0, 0.05) is 36.3 Å². The van der Waals surface area contributed by atoms with Crippen LogP contribution in [0, 0.1) is 0 Å². The Morgan fingerprint density at radius 3 is 2.43 bits per heavy atom. The highest BCUT2D eigenvalue weighted by atomic mass is 79.9. The van der Waals surface area contributed by atoms with E-state index in [-0.39, 0.29) is 32.9 Å². The molecule has 0 spiro atoms. The Balaban J connectivity index is 1.67. The second-order valence-corrected chi connectivity index (χ2v) is 10.4. The van der Waals surface area contributed by atoms with Gasteiger partial charge in [0.15, 0.2) is 0 Å². The summed E-state index contributed by atoms with van der Waals surface area (Å²) in [5.74, 6) is -0.0391. The lowest BCUT2D eigenvalue weighted by molar-refractivity contribution is -0.138. The summed E-state index contributed by atoms with van der Waals surface area (Å²) in [5.41, 5.74) is -1.55. The molecular weight excluding hydrogens is 553 g/mol. The van der Waals surface area contributed by atoms with Crippen molar-refractivity contribution in [3.63, 3.8) is 0 Å². The van der Waals surface area contributed by atoms with Gasteiger partial charge in [0.05, 0.1) is 21.8 Å². The first-order chi connectivity index (χ1) is 16.2. The van der Waals surface area contributed by atoms with Crippen LogP contribution in [0.5, 0.6) is 0 Å². The average molecular weight is 578 g/mol. The van der Waals surface area contributed by atoms with Gasteiger partial charge in [-0.05, 0) is 52.0 Å². The molecule has 1 aliphatic rings. The van der Waals surface area contributed by atoms with E-state index in [4.69, 9.17) is 16.3 Å². The van der Waals surface area contributed by atoms with Gasteiger partial charge >= 0.3 is 12.3 Å². The Hall–Kier alpha value is -2.53. The molecule has 1 aliphatic heterocycles. The molecule has 7 nitrogen and oxygen atoms in total. The molecule has 1 fully saturated rings. The molecule has 0 saturated carbocycles. The molecule has 1 aromatic carbocycles. The number of carbonyl (C=O) groups excluding carboxylic acids is 2. The van der Waals surface area contributed by atoms with Crippen LogP contribution in [0.15, 0.2) is 34.9 Å². The molecule has 190 valence electrons. The minimum atomic E-state index is -4.61. The van der Waals surface area contributed by atoms with Crippen molar-refractivity contribution in [1.29, 1.82) is 0 Å². The molecule has 3 rings (SSSR count). The number of carbonyl (C=O) groups is 2. The molecule has 1 unspecified atom stereocenters. The molecule has 1 aromatic heterocycles. The molecule has 0 radical (unpaired) electrons. The van der Waals surface area contributed by atoms with E-state index in [0.29, 0.717) is 25.5 Å². The molecule has 35 heavy (non-hydrogen) atoms. The molecule has 1 saturated heterocycles. The Kier molecular flexibility index (Phi) is 7.90. The minimum Gasteiger partial charge on any atom is -0.444 e. The molecule has 0 aliphatic carbocycles. The van der Waals surface area contributed by atoms with Crippen molar-refractivity contribution in [3.8, 4) is 0 Å². The van der Waals surface area contributed by atoms with E-state index in [1.807, 2.05) is 32.6 Å². The van der Waals surface area contributed by atoms with E-state index in [0.717, 1.165) is 12.1 Å². The third-order valence-electron chi connectivity index (χ3n) is 5.20. The number of rotatable bonds is 3. The summed E-state index contributed by atoms with van der Waals surface area (Å²) >= 11 is 8.86. The number of aromatic nitrogens is 1. The summed E-state index contributed by atoms with van der Waals surface area (Å²) in [6, 6.07) is 4.91. The van der Waals surface area contributed by atoms with Crippen molar-refractivity contribution in [3.05, 3.63) is 51.1 Å². The van der Waals surface area contributed by atoms with Gasteiger partial charge in [-0.1, -0.05) is 27.5 Å². The number of pyridine rings is 1. The number of amides is 2. The number of benzene rings is 1. The first-order valence-corrected chi connectivity index (χ1v) is 11.9. The quantitative estimate of drug-likeness (QED) is 0.469. The normalized spacial score (nSPS) is 16.8. The van der Waals surface area contributed by atoms with Gasteiger partial charge in [-0.15, -0.1) is 0 Å². The van der Waals surface area contributed by atoms with Gasteiger partial charge in [0.25, 0.3) is 5.91 Å². The third kappa shape index (κ3) is 6.78. The zero-order chi connectivity index (χ0) is 26.1. The van der Waals surface area contributed by atoms with Crippen LogP contribution in [0.1, 0.15) is 43.6 Å². The highest BCUT2D eigenvalue weighted by molar-refractivity contribution is 9.10. The van der Waals surface area contributed by atoms with Gasteiger partial charge in [-0.2, -0.15) is 13.2 Å². The van der Waals surface area contributed by atoms with Gasteiger partial charge in [-0.3, -0.25) is 4.79 Å². The first-order valence-electron chi connectivity index (χ1n) is 10.7. The summed E-state index contributed by atoms with van der Waals surface area (Å²) in [5, 5.41) is 2.36. The van der Waals surface area contributed by atoms with E-state index >= 15 is 0 Å². The number of hydrogen-bond donors (Lipinski definition) is 1. The maximum atomic E-state index is 13.2. The predicted octanol–water partition coefficient (Wildman–Crippen LogP) is 6.21. The second-order valence-electron chi connectivity index (χ2n) is 9.14. The van der Waals surface area contributed by atoms with Crippen molar-refractivity contribution in [1.82, 2.24) is 9.88 Å². The molecule has 1 N–H and O–H groups in total. The fraction of sp³-hybridized carbons (Fsp3) is 0.435. The second kappa shape index (κ2) is 10.2. The Morgan fingerprint density at radius 1 is 1.20 bits per heavy atom. The van der Waals surface area contributed by atoms with Crippen molar-refractivity contribution in [2.45, 2.75) is 45.5 Å². The lowest BCUT2D eigenvalue weighted by Crippen LogP contribution is -2.55. The minimum absolute atomic E-state index is 0.0420. The van der Waals surface area contributed by atoms with Crippen LogP contribution in [0.25, 0.3) is 0 Å². The Morgan fingerprint density at radius 2 is 1.89 bits per heavy atom. The van der Waals surface area contributed by atoms with E-state index in [1.54, 1.807) is 11.0 Å². The number of hydrogen-bond acceptors (Lipinski definition) is 5. The Bertz CT molecular complexity index is 1110. The highest BCUT2D eigenvalue weighted by Gasteiger charge is 2.34. The topological polar surface area (TPSA) is 74.8 Å². The van der Waals surface area contributed by atoms with E-state index in [9.17, 15) is 22.8 Å². The molecule has 1 atom stereocenters. The summed E-state index contributed by atoms with van der Waals surface area (Å²) in [4.78, 5) is 33.0. The fourth-order valence-corrected chi connectivity index (χ4v) is 4.43. The average Bonchev–Trinajstić information content (AvgIpc) is 2.73. The molecular formula is C23H25BrClF3N4O3. The van der Waals surface area contributed by atoms with Gasteiger partial charge in [0.2, 0.25) is 0 Å². The number of alkyl halides is 3. The summed E-state index contributed by atoms with van der Waals surface area (Å²) < 4.78 is 44.8. The number of nitrogens with one attached hydrogen (secondary N) is 1. The summed E-state index contributed by atoms with van der Waals surface area (Å²) in [6.07, 6.45) is -3.64. The number of halogens is 5. The number of ether oxygens (including phenoxy) is 1. The fourth-order valence-electron chi connectivity index (χ4n) is 3.52. The molecule has 2 heterocycles. The Labute approximate surface area is 214 Å². The highest BCUT2D eigenvalue weighted by Crippen LogP contribution is 2.39.